The third-order valence-corrected chi connectivity index (χ3v) is 5.28. The number of nitrogens with one attached hydrogen (secondary N) is 1. The van der Waals surface area contributed by atoms with Crippen LogP contribution >= 0.6 is 0 Å². The van der Waals surface area contributed by atoms with Crippen molar-refractivity contribution in [2.24, 2.45) is 5.73 Å². The predicted octanol–water partition coefficient (Wildman–Crippen LogP) is 0.537. The van der Waals surface area contributed by atoms with E-state index in [1.807, 2.05) is 21.0 Å². The third-order valence-electron chi connectivity index (χ3n) is 5.28. The number of benzene rings is 1. The molecule has 2 heterocycles. The number of nitrogens with zero attached hydrogens (tertiary/aromatic N) is 2. The fraction of sp³-hybridized carbons (Fsp3) is 0.364. The molecule has 0 saturated carbocycles. The highest BCUT2D eigenvalue weighted by atomic mass is 16.5. The average Bonchev–Trinajstić information content (AvgIpc) is 2.71. The largest absolute Gasteiger partial charge is 0.497 e. The molecule has 1 aliphatic rings. The fourth-order valence-corrected chi connectivity index (χ4v) is 3.67. The van der Waals surface area contributed by atoms with Crippen LogP contribution in [0.4, 0.5) is 0 Å². The lowest BCUT2D eigenvalue weighted by molar-refractivity contribution is -0.858. The molecule has 0 spiro atoms. The van der Waals surface area contributed by atoms with Crippen LogP contribution in [0.2, 0.25) is 0 Å². The lowest BCUT2D eigenvalue weighted by Crippen LogP contribution is -3.06. The van der Waals surface area contributed by atoms with E-state index in [2.05, 4.69) is 6.07 Å². The van der Waals surface area contributed by atoms with Crippen LogP contribution in [0, 0.1) is 18.3 Å². The summed E-state index contributed by atoms with van der Waals surface area (Å²) in [7, 11) is 7.16. The number of allylic oxidation sites excluding steroid dienone is 1. The van der Waals surface area contributed by atoms with E-state index in [-0.39, 0.29) is 17.0 Å². The number of methoxy groups -OCH3 is 2. The van der Waals surface area contributed by atoms with Gasteiger partial charge in [0, 0.05) is 23.4 Å². The number of nitrogens with two attached hydrogens (primary N) is 1. The minimum Gasteiger partial charge on any atom is -0.497 e. The summed E-state index contributed by atoms with van der Waals surface area (Å²) in [5, 5.41) is 9.83. The summed E-state index contributed by atoms with van der Waals surface area (Å²) >= 11 is 0. The monoisotopic (exact) mass is 411 g/mol. The van der Waals surface area contributed by atoms with Gasteiger partial charge in [0.05, 0.1) is 52.9 Å². The van der Waals surface area contributed by atoms with Crippen LogP contribution in [0.3, 0.4) is 0 Å². The van der Waals surface area contributed by atoms with Gasteiger partial charge in [-0.15, -0.1) is 0 Å². The van der Waals surface area contributed by atoms with Gasteiger partial charge in [-0.2, -0.15) is 5.26 Å². The molecule has 8 heteroatoms. The summed E-state index contributed by atoms with van der Waals surface area (Å²) in [5.41, 5.74) is 7.85. The van der Waals surface area contributed by atoms with Gasteiger partial charge in [0.2, 0.25) is 5.88 Å². The first-order valence-corrected chi connectivity index (χ1v) is 9.65. The van der Waals surface area contributed by atoms with Crippen LogP contribution in [0.5, 0.6) is 17.2 Å². The van der Waals surface area contributed by atoms with Crippen molar-refractivity contribution in [1.82, 2.24) is 4.57 Å². The van der Waals surface area contributed by atoms with E-state index >= 15 is 0 Å². The Morgan fingerprint density at radius 3 is 2.60 bits per heavy atom. The molecule has 3 rings (SSSR count). The Kier molecular flexibility index (Phi) is 6.04. The number of fused-ring (bicyclic) bond motifs is 1. The van der Waals surface area contributed by atoms with Crippen LogP contribution in [0.15, 0.2) is 40.5 Å². The van der Waals surface area contributed by atoms with Gasteiger partial charge >= 0.3 is 0 Å². The molecule has 3 N–H and O–H groups in total. The molecule has 0 bridgehead atoms. The van der Waals surface area contributed by atoms with Gasteiger partial charge in [0.1, 0.15) is 28.9 Å². The molecule has 30 heavy (non-hydrogen) atoms. The van der Waals surface area contributed by atoms with Crippen LogP contribution in [-0.2, 0) is 6.54 Å². The molecule has 1 aromatic heterocycles. The molecule has 1 atom stereocenters. The fourth-order valence-electron chi connectivity index (χ4n) is 3.67. The summed E-state index contributed by atoms with van der Waals surface area (Å²) in [5.74, 6) is 0.753. The molecule has 8 nitrogen and oxygen atoms in total. The Morgan fingerprint density at radius 1 is 1.27 bits per heavy atom. The Hall–Kier alpha value is -3.44. The van der Waals surface area contributed by atoms with Crippen molar-refractivity contribution < 1.29 is 19.1 Å². The van der Waals surface area contributed by atoms with Crippen molar-refractivity contribution >= 4 is 0 Å². The third kappa shape index (κ3) is 3.72. The number of aromatic nitrogens is 1. The molecule has 0 fully saturated rings. The van der Waals surface area contributed by atoms with Crippen LogP contribution in [0.25, 0.3) is 0 Å². The minimum absolute atomic E-state index is 0.0119. The topological polar surface area (TPSA) is 104 Å². The Balaban J connectivity index is 2.28. The first-order valence-electron chi connectivity index (χ1n) is 9.65. The molecule has 0 unspecified atom stereocenters. The number of rotatable bonds is 6. The second-order valence-corrected chi connectivity index (χ2v) is 7.51. The van der Waals surface area contributed by atoms with Crippen molar-refractivity contribution in [2.75, 3.05) is 34.9 Å². The SMILES string of the molecule is COc1ccc([C@H]2C(C#N)=C(N)Oc3cc(C)n(CC[NH+](C)C)c(=O)c32)c(OC)c1. The Bertz CT molecular complexity index is 1100. The molecule has 0 saturated heterocycles. The van der Waals surface area contributed by atoms with Gasteiger partial charge < -0.3 is 29.4 Å². The second-order valence-electron chi connectivity index (χ2n) is 7.51. The van der Waals surface area contributed by atoms with Crippen molar-refractivity contribution in [3.63, 3.8) is 0 Å². The lowest BCUT2D eigenvalue weighted by atomic mass is 9.83. The van der Waals surface area contributed by atoms with E-state index in [1.165, 1.54) is 12.0 Å². The quantitative estimate of drug-likeness (QED) is 0.719. The molecule has 0 radical (unpaired) electrons. The van der Waals surface area contributed by atoms with E-state index < -0.39 is 5.92 Å². The standard InChI is InChI=1S/C22H26N4O4/c1-13-10-18-20(22(27)26(13)9-8-25(2)3)19(16(12-23)21(24)30-18)15-7-6-14(28-4)11-17(15)29-5/h6-7,10-11,19H,8-9,24H2,1-5H3/p+1/t19-/m0/s1. The Morgan fingerprint density at radius 2 is 2.00 bits per heavy atom. The molecule has 1 aromatic carbocycles. The van der Waals surface area contributed by atoms with Crippen molar-refractivity contribution in [3.8, 4) is 23.3 Å². The van der Waals surface area contributed by atoms with Gasteiger partial charge in [-0.3, -0.25) is 4.79 Å². The summed E-state index contributed by atoms with van der Waals surface area (Å²) in [6.45, 7) is 3.19. The smallest absolute Gasteiger partial charge is 0.258 e. The van der Waals surface area contributed by atoms with E-state index in [9.17, 15) is 10.1 Å². The molecule has 2 aromatic rings. The maximum Gasteiger partial charge on any atom is 0.258 e. The van der Waals surface area contributed by atoms with E-state index in [4.69, 9.17) is 19.9 Å². The zero-order chi connectivity index (χ0) is 22.0. The van der Waals surface area contributed by atoms with Gasteiger partial charge in [-0.25, -0.2) is 0 Å². The number of likely N-dealkylation sites (N-methyl/N-ethyl adjacent to an activating group) is 1. The number of pyridine rings is 1. The molecule has 158 valence electrons. The molecular formula is C22H27N4O4+. The van der Waals surface area contributed by atoms with Gasteiger partial charge in [0.25, 0.3) is 5.56 Å². The number of hydrogen-bond acceptors (Lipinski definition) is 6. The zero-order valence-corrected chi connectivity index (χ0v) is 17.9. The van der Waals surface area contributed by atoms with Gasteiger partial charge in [-0.1, -0.05) is 6.07 Å². The van der Waals surface area contributed by atoms with E-state index in [0.717, 1.165) is 12.2 Å². The Labute approximate surface area is 175 Å². The predicted molar refractivity (Wildman–Crippen MR) is 112 cm³/mol. The highest BCUT2D eigenvalue weighted by molar-refractivity contribution is 5.59. The first kappa shape index (κ1) is 21.3. The highest BCUT2D eigenvalue weighted by Gasteiger charge is 2.36. The minimum atomic E-state index is -0.703. The maximum atomic E-state index is 13.6. The first-order chi connectivity index (χ1) is 14.3. The lowest BCUT2D eigenvalue weighted by Gasteiger charge is -2.28. The van der Waals surface area contributed by atoms with Crippen LogP contribution in [0.1, 0.15) is 22.7 Å². The summed E-state index contributed by atoms with van der Waals surface area (Å²) in [6, 6.07) is 9.19. The van der Waals surface area contributed by atoms with Crippen LogP contribution in [-0.4, -0.2) is 39.4 Å². The maximum absolute atomic E-state index is 13.6. The molecular weight excluding hydrogens is 384 g/mol. The summed E-state index contributed by atoms with van der Waals surface area (Å²) in [4.78, 5) is 14.8. The van der Waals surface area contributed by atoms with Gasteiger partial charge in [-0.05, 0) is 13.0 Å². The number of quaternary nitrogens is 1. The summed E-state index contributed by atoms with van der Waals surface area (Å²) < 4.78 is 18.2. The number of aryl methyl sites for hydroxylation is 1. The van der Waals surface area contributed by atoms with Gasteiger partial charge in [0.15, 0.2) is 0 Å². The number of ether oxygens (including phenoxy) is 3. The average molecular weight is 411 g/mol. The number of hydrogen-bond donors (Lipinski definition) is 2. The van der Waals surface area contributed by atoms with Crippen molar-refractivity contribution in [1.29, 1.82) is 5.26 Å². The van der Waals surface area contributed by atoms with E-state index in [1.54, 1.807) is 35.9 Å². The number of nitriles is 1. The normalized spacial score (nSPS) is 15.4. The van der Waals surface area contributed by atoms with Crippen molar-refractivity contribution in [2.45, 2.75) is 19.4 Å². The van der Waals surface area contributed by atoms with Crippen LogP contribution < -0.4 is 30.4 Å². The van der Waals surface area contributed by atoms with Crippen molar-refractivity contribution in [3.05, 3.63) is 62.9 Å². The molecule has 0 amide bonds. The molecule has 0 aliphatic carbocycles. The highest BCUT2D eigenvalue weighted by Crippen LogP contribution is 2.44. The zero-order valence-electron chi connectivity index (χ0n) is 17.9. The second kappa shape index (κ2) is 8.51. The van der Waals surface area contributed by atoms with E-state index in [0.29, 0.717) is 34.9 Å². The molecule has 1 aliphatic heterocycles. The summed E-state index contributed by atoms with van der Waals surface area (Å²) in [6.07, 6.45) is 0.